The highest BCUT2D eigenvalue weighted by molar-refractivity contribution is 7.07. The number of amides is 1. The summed E-state index contributed by atoms with van der Waals surface area (Å²) in [7, 11) is 3.99. The minimum absolute atomic E-state index is 0.137. The summed E-state index contributed by atoms with van der Waals surface area (Å²) in [6.45, 7) is 0.504. The molecule has 1 aromatic carbocycles. The van der Waals surface area contributed by atoms with Crippen molar-refractivity contribution in [2.75, 3.05) is 19.0 Å². The molecule has 0 atom stereocenters. The molecule has 0 bridgehead atoms. The van der Waals surface area contributed by atoms with Gasteiger partial charge in [0.1, 0.15) is 4.88 Å². The van der Waals surface area contributed by atoms with Crippen LogP contribution in [0.25, 0.3) is 0 Å². The van der Waals surface area contributed by atoms with Crippen LogP contribution in [0.1, 0.15) is 15.2 Å². The van der Waals surface area contributed by atoms with Crippen LogP contribution >= 0.6 is 11.5 Å². The summed E-state index contributed by atoms with van der Waals surface area (Å²) in [5, 5.41) is 6.46. The molecule has 0 saturated heterocycles. The van der Waals surface area contributed by atoms with Gasteiger partial charge in [0.2, 0.25) is 0 Å². The van der Waals surface area contributed by atoms with Gasteiger partial charge in [-0.3, -0.25) is 4.79 Å². The van der Waals surface area contributed by atoms with E-state index in [1.54, 1.807) is 0 Å². The Kier molecular flexibility index (Phi) is 3.88. The molecule has 0 fully saturated rings. The second kappa shape index (κ2) is 5.59. The Labute approximate surface area is 110 Å². The largest absolute Gasteiger partial charge is 0.378 e. The van der Waals surface area contributed by atoms with Gasteiger partial charge in [0.15, 0.2) is 0 Å². The number of rotatable bonds is 4. The van der Waals surface area contributed by atoms with Crippen LogP contribution in [0.4, 0.5) is 5.69 Å². The highest BCUT2D eigenvalue weighted by atomic mass is 32.1. The number of carbonyl (C=O) groups excluding carboxylic acids is 1. The Morgan fingerprint density at radius 1 is 1.33 bits per heavy atom. The molecule has 94 valence electrons. The number of hydrogen-bond donors (Lipinski definition) is 1. The summed E-state index contributed by atoms with van der Waals surface area (Å²) < 4.78 is 3.65. The third-order valence-electron chi connectivity index (χ3n) is 2.49. The summed E-state index contributed by atoms with van der Waals surface area (Å²) in [5.74, 6) is -0.137. The Morgan fingerprint density at radius 2 is 2.06 bits per heavy atom. The first-order chi connectivity index (χ1) is 8.66. The van der Waals surface area contributed by atoms with E-state index in [0.717, 1.165) is 22.8 Å². The molecule has 5 nitrogen and oxygen atoms in total. The molecule has 0 unspecified atom stereocenters. The van der Waals surface area contributed by atoms with Crippen molar-refractivity contribution in [1.82, 2.24) is 14.9 Å². The molecule has 1 heterocycles. The molecule has 0 spiro atoms. The predicted octanol–water partition coefficient (Wildman–Crippen LogP) is 1.53. The summed E-state index contributed by atoms with van der Waals surface area (Å²) in [6, 6.07) is 8.05. The lowest BCUT2D eigenvalue weighted by molar-refractivity contribution is 0.0955. The number of nitrogens with one attached hydrogen (secondary N) is 1. The van der Waals surface area contributed by atoms with Crippen LogP contribution in [-0.4, -0.2) is 29.6 Å². The van der Waals surface area contributed by atoms with Crippen molar-refractivity contribution in [3.8, 4) is 0 Å². The van der Waals surface area contributed by atoms with Crippen LogP contribution in [-0.2, 0) is 6.54 Å². The van der Waals surface area contributed by atoms with E-state index < -0.39 is 0 Å². The van der Waals surface area contributed by atoms with Crippen LogP contribution in [0.2, 0.25) is 0 Å². The maximum absolute atomic E-state index is 11.7. The van der Waals surface area contributed by atoms with Gasteiger partial charge >= 0.3 is 0 Å². The minimum atomic E-state index is -0.137. The monoisotopic (exact) mass is 262 g/mol. The molecular weight excluding hydrogens is 248 g/mol. The van der Waals surface area contributed by atoms with Gasteiger partial charge in [-0.25, -0.2) is 0 Å². The number of hydrogen-bond acceptors (Lipinski definition) is 5. The van der Waals surface area contributed by atoms with E-state index >= 15 is 0 Å². The van der Waals surface area contributed by atoms with Crippen molar-refractivity contribution in [2.24, 2.45) is 0 Å². The zero-order valence-corrected chi connectivity index (χ0v) is 11.1. The molecule has 0 aliphatic heterocycles. The third-order valence-corrected chi connectivity index (χ3v) is 3.15. The molecule has 6 heteroatoms. The normalized spacial score (nSPS) is 10.1. The van der Waals surface area contributed by atoms with Gasteiger partial charge in [0.05, 0.1) is 6.20 Å². The van der Waals surface area contributed by atoms with E-state index in [-0.39, 0.29) is 5.91 Å². The fraction of sp³-hybridized carbons (Fsp3) is 0.250. The van der Waals surface area contributed by atoms with Crippen LogP contribution < -0.4 is 10.2 Å². The Hall–Kier alpha value is -1.95. The molecule has 18 heavy (non-hydrogen) atoms. The molecule has 0 radical (unpaired) electrons. The number of aromatic nitrogens is 2. The van der Waals surface area contributed by atoms with Gasteiger partial charge in [-0.05, 0) is 29.2 Å². The summed E-state index contributed by atoms with van der Waals surface area (Å²) in [5.41, 5.74) is 2.20. The molecule has 2 rings (SSSR count). The fourth-order valence-electron chi connectivity index (χ4n) is 1.45. The lowest BCUT2D eigenvalue weighted by atomic mass is 10.2. The molecule has 1 amide bonds. The quantitative estimate of drug-likeness (QED) is 0.908. The van der Waals surface area contributed by atoms with Crippen LogP contribution in [0.3, 0.4) is 0 Å². The van der Waals surface area contributed by atoms with E-state index in [9.17, 15) is 4.79 Å². The average Bonchev–Trinajstić information content (AvgIpc) is 2.90. The van der Waals surface area contributed by atoms with Crippen LogP contribution in [0.5, 0.6) is 0 Å². The molecule has 0 aliphatic carbocycles. The number of nitrogens with zero attached hydrogens (tertiary/aromatic N) is 3. The van der Waals surface area contributed by atoms with Crippen molar-refractivity contribution >= 4 is 23.1 Å². The standard InChI is InChI=1S/C12H14N4OS/c1-16(2)10-5-3-9(4-6-10)7-13-12(17)11-8-14-15-18-11/h3-6,8H,7H2,1-2H3,(H,13,17). The molecule has 0 aliphatic rings. The first-order valence-corrected chi connectivity index (χ1v) is 6.26. The van der Waals surface area contributed by atoms with E-state index in [1.165, 1.54) is 6.20 Å². The SMILES string of the molecule is CN(C)c1ccc(CNC(=O)c2cnns2)cc1. The fourth-order valence-corrected chi connectivity index (χ4v) is 1.88. The lowest BCUT2D eigenvalue weighted by Gasteiger charge is -2.12. The Balaban J connectivity index is 1.92. The smallest absolute Gasteiger partial charge is 0.264 e. The summed E-state index contributed by atoms with van der Waals surface area (Å²) in [4.78, 5) is 14.2. The number of anilines is 1. The second-order valence-corrected chi connectivity index (χ2v) is 4.81. The van der Waals surface area contributed by atoms with Crippen molar-refractivity contribution in [1.29, 1.82) is 0 Å². The maximum atomic E-state index is 11.7. The first-order valence-electron chi connectivity index (χ1n) is 5.48. The Bertz CT molecular complexity index is 507. The van der Waals surface area contributed by atoms with Crippen LogP contribution in [0, 0.1) is 0 Å². The summed E-state index contributed by atoms with van der Waals surface area (Å²) >= 11 is 1.09. The second-order valence-electron chi connectivity index (χ2n) is 4.03. The van der Waals surface area contributed by atoms with E-state index in [0.29, 0.717) is 11.4 Å². The highest BCUT2D eigenvalue weighted by Crippen LogP contribution is 2.12. The van der Waals surface area contributed by atoms with Gasteiger partial charge in [-0.2, -0.15) is 0 Å². The van der Waals surface area contributed by atoms with Gasteiger partial charge in [-0.1, -0.05) is 16.6 Å². The van der Waals surface area contributed by atoms with Gasteiger partial charge < -0.3 is 10.2 Å². The number of benzene rings is 1. The molecular formula is C12H14N4OS. The van der Waals surface area contributed by atoms with Gasteiger partial charge in [0.25, 0.3) is 5.91 Å². The number of carbonyl (C=O) groups is 1. The zero-order chi connectivity index (χ0) is 13.0. The Morgan fingerprint density at radius 3 is 2.61 bits per heavy atom. The van der Waals surface area contributed by atoms with E-state index in [4.69, 9.17) is 0 Å². The van der Waals surface area contributed by atoms with Gasteiger partial charge in [-0.15, -0.1) is 5.10 Å². The summed E-state index contributed by atoms with van der Waals surface area (Å²) in [6.07, 6.45) is 1.47. The predicted molar refractivity (Wildman–Crippen MR) is 71.8 cm³/mol. The molecule has 1 aromatic heterocycles. The molecule has 0 saturated carbocycles. The van der Waals surface area contributed by atoms with Crippen molar-refractivity contribution in [3.63, 3.8) is 0 Å². The third kappa shape index (κ3) is 3.04. The zero-order valence-electron chi connectivity index (χ0n) is 10.3. The average molecular weight is 262 g/mol. The maximum Gasteiger partial charge on any atom is 0.264 e. The minimum Gasteiger partial charge on any atom is -0.378 e. The van der Waals surface area contributed by atoms with Crippen molar-refractivity contribution < 1.29 is 4.79 Å². The van der Waals surface area contributed by atoms with Gasteiger partial charge in [0, 0.05) is 26.3 Å². The lowest BCUT2D eigenvalue weighted by Crippen LogP contribution is -2.21. The molecule has 2 aromatic rings. The van der Waals surface area contributed by atoms with Crippen LogP contribution in [0.15, 0.2) is 30.5 Å². The topological polar surface area (TPSA) is 58.1 Å². The first kappa shape index (κ1) is 12.5. The molecule has 1 N–H and O–H groups in total. The van der Waals surface area contributed by atoms with Crippen molar-refractivity contribution in [3.05, 3.63) is 40.9 Å². The van der Waals surface area contributed by atoms with E-state index in [1.807, 2.05) is 43.3 Å². The van der Waals surface area contributed by atoms with Crippen molar-refractivity contribution in [2.45, 2.75) is 6.54 Å². The van der Waals surface area contributed by atoms with E-state index in [2.05, 4.69) is 14.9 Å². The highest BCUT2D eigenvalue weighted by Gasteiger charge is 2.07.